The minimum absolute atomic E-state index is 0.750. The van der Waals surface area contributed by atoms with Crippen LogP contribution in [0.25, 0.3) is 22.3 Å². The Bertz CT molecular complexity index is 1060. The molecule has 0 radical (unpaired) electrons. The van der Waals surface area contributed by atoms with E-state index in [1.165, 1.54) is 16.2 Å². The van der Waals surface area contributed by atoms with Crippen molar-refractivity contribution in [3.63, 3.8) is 0 Å². The van der Waals surface area contributed by atoms with Gasteiger partial charge in [0.05, 0.1) is 11.9 Å². The summed E-state index contributed by atoms with van der Waals surface area (Å²) in [7, 11) is 0. The summed E-state index contributed by atoms with van der Waals surface area (Å²) < 4.78 is 2.12. The molecule has 124 valence electrons. The summed E-state index contributed by atoms with van der Waals surface area (Å²) in [4.78, 5) is 10.4. The van der Waals surface area contributed by atoms with Crippen molar-refractivity contribution in [3.05, 3.63) is 59.5 Å². The molecule has 1 N–H and O–H groups in total. The molecule has 25 heavy (non-hydrogen) atoms. The average molecular weight is 367 g/mol. The third kappa shape index (κ3) is 2.55. The molecule has 4 nitrogen and oxygen atoms in total. The highest BCUT2D eigenvalue weighted by molar-refractivity contribution is 7.99. The second-order valence-electron chi connectivity index (χ2n) is 6.12. The quantitative estimate of drug-likeness (QED) is 0.543. The van der Waals surface area contributed by atoms with E-state index in [1.807, 2.05) is 30.6 Å². The highest BCUT2D eigenvalue weighted by Gasteiger charge is 2.22. The van der Waals surface area contributed by atoms with Crippen molar-refractivity contribution in [3.8, 4) is 11.3 Å². The molecule has 0 atom stereocenters. The van der Waals surface area contributed by atoms with Crippen molar-refractivity contribution in [1.82, 2.24) is 19.7 Å². The van der Waals surface area contributed by atoms with E-state index < -0.39 is 0 Å². The molecule has 0 spiro atoms. The molecule has 0 saturated carbocycles. The Balaban J connectivity index is 1.68. The number of fused-ring (bicyclic) bond motifs is 2. The molecule has 0 bridgehead atoms. The lowest BCUT2D eigenvalue weighted by molar-refractivity contribution is 0.656. The first-order valence-electron chi connectivity index (χ1n) is 8.25. The molecule has 4 heterocycles. The van der Waals surface area contributed by atoms with Crippen molar-refractivity contribution in [2.24, 2.45) is 0 Å². The molecule has 0 amide bonds. The predicted octanol–water partition coefficient (Wildman–Crippen LogP) is 5.18. The lowest BCUT2D eigenvalue weighted by atomic mass is 10.1. The lowest BCUT2D eigenvalue weighted by Gasteiger charge is -2.05. The summed E-state index contributed by atoms with van der Waals surface area (Å²) >= 11 is 7.76. The fourth-order valence-electron chi connectivity index (χ4n) is 3.39. The number of nitrogens with zero attached hydrogens (tertiary/aromatic N) is 3. The first-order chi connectivity index (χ1) is 12.3. The van der Waals surface area contributed by atoms with E-state index in [0.29, 0.717) is 0 Å². The van der Waals surface area contributed by atoms with Gasteiger partial charge in [-0.3, -0.25) is 4.68 Å². The number of nitrogens with one attached hydrogen (secondary N) is 1. The Morgan fingerprint density at radius 2 is 2.04 bits per heavy atom. The fraction of sp³-hybridized carbons (Fsp3) is 0.158. The van der Waals surface area contributed by atoms with Gasteiger partial charge in [-0.25, -0.2) is 4.98 Å². The molecule has 3 aromatic heterocycles. The summed E-state index contributed by atoms with van der Waals surface area (Å²) in [5, 5.41) is 6.44. The maximum Gasteiger partial charge on any atom is 0.138 e. The topological polar surface area (TPSA) is 46.5 Å². The molecule has 6 heteroatoms. The van der Waals surface area contributed by atoms with Crippen LogP contribution in [-0.4, -0.2) is 19.7 Å². The van der Waals surface area contributed by atoms with Crippen molar-refractivity contribution in [1.29, 1.82) is 0 Å². The highest BCUT2D eigenvalue weighted by atomic mass is 35.5. The van der Waals surface area contributed by atoms with Gasteiger partial charge in [0.1, 0.15) is 5.65 Å². The number of aromatic nitrogens is 4. The van der Waals surface area contributed by atoms with Gasteiger partial charge in [0.15, 0.2) is 0 Å². The van der Waals surface area contributed by atoms with Crippen LogP contribution in [0, 0.1) is 0 Å². The third-order valence-corrected chi connectivity index (χ3v) is 5.95. The van der Waals surface area contributed by atoms with Crippen molar-refractivity contribution >= 4 is 34.4 Å². The van der Waals surface area contributed by atoms with Crippen LogP contribution in [0.3, 0.4) is 0 Å². The number of H-pyrrole nitrogens is 1. The molecule has 1 aliphatic rings. The Labute approximate surface area is 154 Å². The van der Waals surface area contributed by atoms with Gasteiger partial charge in [0.25, 0.3) is 0 Å². The number of pyridine rings is 1. The molecule has 0 saturated heterocycles. The lowest BCUT2D eigenvalue weighted by Crippen LogP contribution is -1.93. The van der Waals surface area contributed by atoms with Crippen LogP contribution in [-0.2, 0) is 13.0 Å². The molecule has 0 fully saturated rings. The Hall–Kier alpha value is -2.24. The van der Waals surface area contributed by atoms with Gasteiger partial charge in [-0.2, -0.15) is 5.10 Å². The maximum atomic E-state index is 6.03. The van der Waals surface area contributed by atoms with Crippen LogP contribution < -0.4 is 0 Å². The summed E-state index contributed by atoms with van der Waals surface area (Å²) in [6.07, 6.45) is 6.03. The zero-order valence-electron chi connectivity index (χ0n) is 13.4. The van der Waals surface area contributed by atoms with E-state index in [2.05, 4.69) is 37.9 Å². The van der Waals surface area contributed by atoms with Gasteiger partial charge in [0.2, 0.25) is 0 Å². The van der Waals surface area contributed by atoms with Gasteiger partial charge in [-0.1, -0.05) is 23.4 Å². The Morgan fingerprint density at radius 1 is 1.16 bits per heavy atom. The van der Waals surface area contributed by atoms with E-state index >= 15 is 0 Å². The van der Waals surface area contributed by atoms with Crippen molar-refractivity contribution in [2.75, 3.05) is 0 Å². The zero-order valence-corrected chi connectivity index (χ0v) is 14.9. The molecule has 0 unspecified atom stereocenters. The summed E-state index contributed by atoms with van der Waals surface area (Å²) in [6.45, 7) is 1.01. The van der Waals surface area contributed by atoms with E-state index in [4.69, 9.17) is 11.6 Å². The van der Waals surface area contributed by atoms with Crippen molar-refractivity contribution < 1.29 is 0 Å². The van der Waals surface area contributed by atoms with E-state index in [0.717, 1.165) is 46.0 Å². The smallest absolute Gasteiger partial charge is 0.138 e. The molecule has 4 aromatic rings. The van der Waals surface area contributed by atoms with Crippen LogP contribution in [0.4, 0.5) is 0 Å². The highest BCUT2D eigenvalue weighted by Crippen LogP contribution is 2.42. The monoisotopic (exact) mass is 366 g/mol. The fourth-order valence-corrected chi connectivity index (χ4v) is 4.56. The number of aromatic amines is 1. The largest absolute Gasteiger partial charge is 0.338 e. The summed E-state index contributed by atoms with van der Waals surface area (Å²) in [5.41, 5.74) is 4.51. The van der Waals surface area contributed by atoms with Crippen LogP contribution >= 0.6 is 23.4 Å². The minimum Gasteiger partial charge on any atom is -0.338 e. The zero-order chi connectivity index (χ0) is 16.8. The number of halogens is 1. The Kier molecular flexibility index (Phi) is 3.57. The maximum absolute atomic E-state index is 6.03. The number of benzene rings is 1. The van der Waals surface area contributed by atoms with E-state index in [-0.39, 0.29) is 0 Å². The number of aryl methyl sites for hydroxylation is 1. The van der Waals surface area contributed by atoms with Crippen LogP contribution in [0.1, 0.15) is 12.1 Å². The molecule has 1 aromatic carbocycles. The summed E-state index contributed by atoms with van der Waals surface area (Å²) in [6, 6.07) is 12.0. The first kappa shape index (κ1) is 15.0. The van der Waals surface area contributed by atoms with Gasteiger partial charge in [0, 0.05) is 44.2 Å². The van der Waals surface area contributed by atoms with E-state index in [9.17, 15) is 0 Å². The normalized spacial score (nSPS) is 13.5. The predicted molar refractivity (Wildman–Crippen MR) is 101 cm³/mol. The van der Waals surface area contributed by atoms with Gasteiger partial charge in [-0.05, 0) is 49.2 Å². The van der Waals surface area contributed by atoms with Gasteiger partial charge in [-0.15, -0.1) is 0 Å². The molecular formula is C19H15ClN4S. The molecule has 5 rings (SSSR count). The minimum atomic E-state index is 0.750. The average Bonchev–Trinajstić information content (AvgIpc) is 3.31. The second kappa shape index (κ2) is 5.93. The molecule has 0 aliphatic carbocycles. The van der Waals surface area contributed by atoms with Gasteiger partial charge < -0.3 is 4.98 Å². The van der Waals surface area contributed by atoms with Crippen molar-refractivity contribution in [2.45, 2.75) is 29.2 Å². The molecule has 1 aliphatic heterocycles. The Morgan fingerprint density at radius 3 is 2.92 bits per heavy atom. The standard InChI is InChI=1S/C19H15ClN4S/c20-12-5-7-13(8-6-12)25-18-14-3-1-9-21-19(14)23-17(18)15-11-22-24-10-2-4-16(15)24/h1,3,5-9,11H,2,4,10H2,(H,21,23). The molecular weight excluding hydrogens is 352 g/mol. The number of hydrogen-bond donors (Lipinski definition) is 1. The number of hydrogen-bond acceptors (Lipinski definition) is 3. The third-order valence-electron chi connectivity index (χ3n) is 4.56. The number of rotatable bonds is 3. The van der Waals surface area contributed by atoms with Crippen LogP contribution in [0.15, 0.2) is 58.6 Å². The van der Waals surface area contributed by atoms with E-state index in [1.54, 1.807) is 11.8 Å². The summed E-state index contributed by atoms with van der Waals surface area (Å²) in [5.74, 6) is 0. The first-order valence-corrected chi connectivity index (χ1v) is 9.44. The van der Waals surface area contributed by atoms with Crippen LogP contribution in [0.2, 0.25) is 5.02 Å². The van der Waals surface area contributed by atoms with Crippen LogP contribution in [0.5, 0.6) is 0 Å². The SMILES string of the molecule is Clc1ccc(Sc2c(-c3cnn4c3CCC4)[nH]c3ncccc23)cc1. The second-order valence-corrected chi connectivity index (χ2v) is 7.64. The van der Waals surface area contributed by atoms with Gasteiger partial charge >= 0.3 is 0 Å².